The maximum atomic E-state index is 12.5. The van der Waals surface area contributed by atoms with Gasteiger partial charge in [0, 0.05) is 23.0 Å². The van der Waals surface area contributed by atoms with Crippen molar-refractivity contribution >= 4 is 29.1 Å². The van der Waals surface area contributed by atoms with E-state index in [9.17, 15) is 14.4 Å². The number of imide groups is 1. The van der Waals surface area contributed by atoms with Crippen molar-refractivity contribution < 1.29 is 19.5 Å². The van der Waals surface area contributed by atoms with Crippen LogP contribution in [0.15, 0.2) is 60.3 Å². The van der Waals surface area contributed by atoms with Gasteiger partial charge in [-0.3, -0.25) is 19.3 Å². The largest absolute Gasteiger partial charge is 0.395 e. The van der Waals surface area contributed by atoms with E-state index in [1.807, 2.05) is 31.2 Å². The van der Waals surface area contributed by atoms with Crippen molar-refractivity contribution in [1.82, 2.24) is 4.90 Å². The minimum absolute atomic E-state index is 0.0440. The van der Waals surface area contributed by atoms with Gasteiger partial charge >= 0.3 is 0 Å². The van der Waals surface area contributed by atoms with Crippen LogP contribution < -0.4 is 10.6 Å². The molecule has 0 bridgehead atoms. The molecule has 0 spiro atoms. The van der Waals surface area contributed by atoms with Crippen molar-refractivity contribution in [3.05, 3.63) is 71.4 Å². The van der Waals surface area contributed by atoms with Crippen LogP contribution in [0.2, 0.25) is 0 Å². The molecule has 1 aliphatic rings. The van der Waals surface area contributed by atoms with Gasteiger partial charge in [-0.1, -0.05) is 25.1 Å². The molecule has 0 radical (unpaired) electrons. The fourth-order valence-corrected chi connectivity index (χ4v) is 2.92. The highest BCUT2D eigenvalue weighted by Crippen LogP contribution is 2.19. The highest BCUT2D eigenvalue weighted by Gasteiger charge is 2.30. The van der Waals surface area contributed by atoms with E-state index in [-0.39, 0.29) is 24.8 Å². The van der Waals surface area contributed by atoms with Crippen LogP contribution in [0.25, 0.3) is 0 Å². The first-order valence-electron chi connectivity index (χ1n) is 8.98. The number of hydrogen-bond donors (Lipinski definition) is 3. The van der Waals surface area contributed by atoms with E-state index < -0.39 is 11.8 Å². The minimum Gasteiger partial charge on any atom is -0.395 e. The second-order valence-electron chi connectivity index (χ2n) is 6.24. The summed E-state index contributed by atoms with van der Waals surface area (Å²) in [5.74, 6) is -1.18. The Bertz CT molecular complexity index is 935. The lowest BCUT2D eigenvalue weighted by molar-refractivity contribution is -0.137. The van der Waals surface area contributed by atoms with Crippen LogP contribution in [-0.4, -0.2) is 40.9 Å². The van der Waals surface area contributed by atoms with E-state index in [1.165, 1.54) is 6.08 Å². The zero-order valence-electron chi connectivity index (χ0n) is 15.4. The number of hydrogen-bond acceptors (Lipinski definition) is 5. The molecule has 1 heterocycles. The molecule has 0 saturated heterocycles. The molecule has 3 N–H and O–H groups in total. The molecule has 0 aromatic heterocycles. The van der Waals surface area contributed by atoms with Crippen LogP contribution in [-0.2, 0) is 16.0 Å². The lowest BCUT2D eigenvalue weighted by atomic mass is 10.1. The van der Waals surface area contributed by atoms with E-state index >= 15 is 0 Å². The zero-order chi connectivity index (χ0) is 20.1. The summed E-state index contributed by atoms with van der Waals surface area (Å²) in [7, 11) is 0. The van der Waals surface area contributed by atoms with Crippen molar-refractivity contribution in [1.29, 1.82) is 0 Å². The molecule has 0 atom stereocenters. The van der Waals surface area contributed by atoms with E-state index in [2.05, 4.69) is 10.6 Å². The molecular weight excluding hydrogens is 358 g/mol. The Labute approximate surface area is 162 Å². The Kier molecular flexibility index (Phi) is 5.86. The third kappa shape index (κ3) is 4.10. The smallest absolute Gasteiger partial charge is 0.277 e. The van der Waals surface area contributed by atoms with Crippen LogP contribution in [0, 0.1) is 0 Å². The van der Waals surface area contributed by atoms with Crippen molar-refractivity contribution in [3.8, 4) is 0 Å². The average molecular weight is 379 g/mol. The quantitative estimate of drug-likeness (QED) is 0.641. The SMILES string of the molecule is CCc1ccccc1NC(=O)c1ccc(NC2=CC(=O)N(CCO)C2=O)cc1. The maximum absolute atomic E-state index is 12.5. The number of aliphatic hydroxyl groups excluding tert-OH is 1. The summed E-state index contributed by atoms with van der Waals surface area (Å²) in [5, 5.41) is 14.7. The first-order valence-corrected chi connectivity index (χ1v) is 8.98. The van der Waals surface area contributed by atoms with E-state index in [4.69, 9.17) is 5.11 Å². The Hall–Kier alpha value is -3.45. The summed E-state index contributed by atoms with van der Waals surface area (Å²) in [5.41, 5.74) is 3.01. The number of carbonyl (C=O) groups is 3. The van der Waals surface area contributed by atoms with Gasteiger partial charge in [-0.25, -0.2) is 0 Å². The first kappa shape index (κ1) is 19.3. The molecule has 7 nitrogen and oxygen atoms in total. The lowest BCUT2D eigenvalue weighted by Crippen LogP contribution is -2.34. The van der Waals surface area contributed by atoms with E-state index in [1.54, 1.807) is 24.3 Å². The normalized spacial score (nSPS) is 13.5. The standard InChI is InChI=1S/C21H21N3O4/c1-2-14-5-3-4-6-17(14)23-20(27)15-7-9-16(10-8-15)22-18-13-19(26)24(11-12-25)21(18)28/h3-10,13,22,25H,2,11-12H2,1H3,(H,23,27). The molecule has 7 heteroatoms. The molecule has 144 valence electrons. The molecule has 0 unspecified atom stereocenters. The van der Waals surface area contributed by atoms with E-state index in [0.717, 1.165) is 22.6 Å². The Balaban J connectivity index is 1.67. The maximum Gasteiger partial charge on any atom is 0.277 e. The fourth-order valence-electron chi connectivity index (χ4n) is 2.92. The second kappa shape index (κ2) is 8.49. The van der Waals surface area contributed by atoms with Crippen LogP contribution in [0.3, 0.4) is 0 Å². The minimum atomic E-state index is -0.489. The van der Waals surface area contributed by atoms with Crippen LogP contribution in [0.1, 0.15) is 22.8 Å². The van der Waals surface area contributed by atoms with Crippen LogP contribution in [0.4, 0.5) is 11.4 Å². The number of carbonyl (C=O) groups excluding carboxylic acids is 3. The summed E-state index contributed by atoms with van der Waals surface area (Å²) in [6.07, 6.45) is 2.01. The van der Waals surface area contributed by atoms with Gasteiger partial charge in [0.25, 0.3) is 17.7 Å². The Morgan fingerprint density at radius 1 is 1.07 bits per heavy atom. The number of nitrogens with one attached hydrogen (secondary N) is 2. The second-order valence-corrected chi connectivity index (χ2v) is 6.24. The van der Waals surface area contributed by atoms with Gasteiger partial charge in [-0.05, 0) is 42.3 Å². The van der Waals surface area contributed by atoms with Gasteiger partial charge in [-0.2, -0.15) is 0 Å². The van der Waals surface area contributed by atoms with Crippen LogP contribution >= 0.6 is 0 Å². The summed E-state index contributed by atoms with van der Waals surface area (Å²) in [6.45, 7) is 1.69. The highest BCUT2D eigenvalue weighted by molar-refractivity contribution is 6.17. The lowest BCUT2D eigenvalue weighted by Gasteiger charge is -2.13. The molecule has 28 heavy (non-hydrogen) atoms. The zero-order valence-corrected chi connectivity index (χ0v) is 15.4. The number of β-amino-alcohol motifs (C(OH)–C–C–N with tert-alkyl or cyclic N) is 1. The molecule has 2 aromatic rings. The van der Waals surface area contributed by atoms with Gasteiger partial charge in [0.1, 0.15) is 5.70 Å². The van der Waals surface area contributed by atoms with Crippen LogP contribution in [0.5, 0.6) is 0 Å². The number of para-hydroxylation sites is 1. The molecule has 0 fully saturated rings. The molecule has 0 saturated carbocycles. The molecule has 0 aliphatic carbocycles. The molecule has 3 rings (SSSR count). The van der Waals surface area contributed by atoms with Gasteiger partial charge in [-0.15, -0.1) is 0 Å². The molecule has 3 amide bonds. The molecule has 2 aromatic carbocycles. The summed E-state index contributed by atoms with van der Waals surface area (Å²) >= 11 is 0. The third-order valence-electron chi connectivity index (χ3n) is 4.41. The van der Waals surface area contributed by atoms with Crippen molar-refractivity contribution in [2.75, 3.05) is 23.8 Å². The summed E-state index contributed by atoms with van der Waals surface area (Å²) < 4.78 is 0. The summed E-state index contributed by atoms with van der Waals surface area (Å²) in [4.78, 5) is 37.4. The number of benzene rings is 2. The fraction of sp³-hybridized carbons (Fsp3) is 0.190. The van der Waals surface area contributed by atoms with Gasteiger partial charge < -0.3 is 15.7 Å². The number of nitrogens with zero attached hydrogens (tertiary/aromatic N) is 1. The number of amides is 3. The Morgan fingerprint density at radius 2 is 1.79 bits per heavy atom. The third-order valence-corrected chi connectivity index (χ3v) is 4.41. The first-order chi connectivity index (χ1) is 13.5. The topological polar surface area (TPSA) is 98.7 Å². The monoisotopic (exact) mass is 379 g/mol. The van der Waals surface area contributed by atoms with Crippen molar-refractivity contribution in [3.63, 3.8) is 0 Å². The van der Waals surface area contributed by atoms with Gasteiger partial charge in [0.2, 0.25) is 0 Å². The van der Waals surface area contributed by atoms with Crippen molar-refractivity contribution in [2.45, 2.75) is 13.3 Å². The predicted molar refractivity (Wildman–Crippen MR) is 106 cm³/mol. The number of rotatable bonds is 7. The highest BCUT2D eigenvalue weighted by atomic mass is 16.3. The number of aryl methyl sites for hydroxylation is 1. The summed E-state index contributed by atoms with van der Waals surface area (Å²) in [6, 6.07) is 14.2. The van der Waals surface area contributed by atoms with Gasteiger partial charge in [0.15, 0.2) is 0 Å². The predicted octanol–water partition coefficient (Wildman–Crippen LogP) is 2.16. The average Bonchev–Trinajstić information content (AvgIpc) is 2.96. The Morgan fingerprint density at radius 3 is 2.46 bits per heavy atom. The molecule has 1 aliphatic heterocycles. The van der Waals surface area contributed by atoms with E-state index in [0.29, 0.717) is 11.3 Å². The number of anilines is 2. The van der Waals surface area contributed by atoms with Crippen molar-refractivity contribution in [2.24, 2.45) is 0 Å². The van der Waals surface area contributed by atoms with Gasteiger partial charge in [0.05, 0.1) is 13.2 Å². The number of aliphatic hydroxyl groups is 1. The molecular formula is C21H21N3O4.